The molecule has 0 atom stereocenters. The Bertz CT molecular complexity index is 169. The maximum absolute atomic E-state index is 5.66. The third kappa shape index (κ3) is 2.48. The molecule has 14 heavy (non-hydrogen) atoms. The average molecular weight is 199 g/mol. The first-order valence-electron chi connectivity index (χ1n) is 5.74. The quantitative estimate of drug-likeness (QED) is 0.678. The molecule has 0 saturated carbocycles. The van der Waals surface area contributed by atoms with E-state index in [-0.39, 0.29) is 5.60 Å². The lowest BCUT2D eigenvalue weighted by Crippen LogP contribution is -2.51. The van der Waals surface area contributed by atoms with Crippen molar-refractivity contribution in [2.75, 3.05) is 20.2 Å². The molecule has 0 radical (unpaired) electrons. The Balaban J connectivity index is 2.53. The van der Waals surface area contributed by atoms with Gasteiger partial charge in [0.25, 0.3) is 0 Å². The fourth-order valence-electron chi connectivity index (χ4n) is 2.29. The summed E-state index contributed by atoms with van der Waals surface area (Å²) in [5, 5.41) is 0. The second-order valence-electron chi connectivity index (χ2n) is 5.40. The largest absolute Gasteiger partial charge is 0.378 e. The summed E-state index contributed by atoms with van der Waals surface area (Å²) in [4.78, 5) is 2.56. The Morgan fingerprint density at radius 2 is 1.71 bits per heavy atom. The van der Waals surface area contributed by atoms with Crippen LogP contribution in [-0.2, 0) is 4.74 Å². The van der Waals surface area contributed by atoms with Crippen molar-refractivity contribution in [3.8, 4) is 0 Å². The second kappa shape index (κ2) is 4.19. The van der Waals surface area contributed by atoms with E-state index in [9.17, 15) is 0 Å². The fourth-order valence-corrected chi connectivity index (χ4v) is 2.29. The van der Waals surface area contributed by atoms with E-state index in [1.165, 1.54) is 25.9 Å². The molecule has 0 N–H and O–H groups in total. The molecule has 0 aromatic carbocycles. The SMILES string of the molecule is CCC1(OC)CCN(C(C)(C)C)CC1. The van der Waals surface area contributed by atoms with Crippen LogP contribution in [0.2, 0.25) is 0 Å². The Hall–Kier alpha value is -0.0800. The lowest BCUT2D eigenvalue weighted by atomic mass is 9.86. The zero-order valence-electron chi connectivity index (χ0n) is 10.4. The van der Waals surface area contributed by atoms with E-state index in [0.29, 0.717) is 5.54 Å². The number of rotatable bonds is 2. The summed E-state index contributed by atoms with van der Waals surface area (Å²) in [6.45, 7) is 11.4. The van der Waals surface area contributed by atoms with Gasteiger partial charge < -0.3 is 4.74 Å². The molecule has 1 aliphatic heterocycles. The summed E-state index contributed by atoms with van der Waals surface area (Å²) >= 11 is 0. The van der Waals surface area contributed by atoms with Crippen molar-refractivity contribution in [2.24, 2.45) is 0 Å². The van der Waals surface area contributed by atoms with Crippen LogP contribution in [-0.4, -0.2) is 36.2 Å². The van der Waals surface area contributed by atoms with Crippen LogP contribution in [0.15, 0.2) is 0 Å². The lowest BCUT2D eigenvalue weighted by molar-refractivity contribution is -0.0732. The van der Waals surface area contributed by atoms with Gasteiger partial charge in [0.1, 0.15) is 0 Å². The minimum absolute atomic E-state index is 0.168. The second-order valence-corrected chi connectivity index (χ2v) is 5.40. The molecule has 1 saturated heterocycles. The molecule has 0 spiro atoms. The van der Waals surface area contributed by atoms with Crippen LogP contribution < -0.4 is 0 Å². The summed E-state index contributed by atoms with van der Waals surface area (Å²) in [5.74, 6) is 0. The molecule has 0 bridgehead atoms. The normalized spacial score (nSPS) is 23.8. The van der Waals surface area contributed by atoms with Crippen molar-refractivity contribution < 1.29 is 4.74 Å². The van der Waals surface area contributed by atoms with Gasteiger partial charge in [-0.3, -0.25) is 4.90 Å². The maximum Gasteiger partial charge on any atom is 0.0700 e. The van der Waals surface area contributed by atoms with Crippen LogP contribution in [0.1, 0.15) is 47.0 Å². The molecule has 2 heteroatoms. The van der Waals surface area contributed by atoms with E-state index in [4.69, 9.17) is 4.74 Å². The highest BCUT2D eigenvalue weighted by Gasteiger charge is 2.35. The number of methoxy groups -OCH3 is 1. The molecule has 0 amide bonds. The van der Waals surface area contributed by atoms with Gasteiger partial charge in [-0.05, 0) is 40.0 Å². The zero-order chi connectivity index (χ0) is 10.8. The van der Waals surface area contributed by atoms with Crippen LogP contribution in [0.25, 0.3) is 0 Å². The van der Waals surface area contributed by atoms with Crippen molar-refractivity contribution in [1.82, 2.24) is 4.90 Å². The number of nitrogens with zero attached hydrogens (tertiary/aromatic N) is 1. The summed E-state index contributed by atoms with van der Waals surface area (Å²) < 4.78 is 5.66. The molecule has 1 rings (SSSR count). The predicted molar refractivity (Wildman–Crippen MR) is 60.6 cm³/mol. The smallest absolute Gasteiger partial charge is 0.0700 e. The van der Waals surface area contributed by atoms with Crippen molar-refractivity contribution >= 4 is 0 Å². The maximum atomic E-state index is 5.66. The number of piperidine rings is 1. The van der Waals surface area contributed by atoms with Crippen LogP contribution in [0, 0.1) is 0 Å². The first-order chi connectivity index (χ1) is 6.43. The molecular formula is C12H25NO. The number of ether oxygens (including phenoxy) is 1. The third-order valence-electron chi connectivity index (χ3n) is 3.70. The Labute approximate surface area is 88.6 Å². The van der Waals surface area contributed by atoms with Gasteiger partial charge in [-0.15, -0.1) is 0 Å². The van der Waals surface area contributed by atoms with Gasteiger partial charge in [0.05, 0.1) is 5.60 Å². The van der Waals surface area contributed by atoms with Crippen molar-refractivity contribution in [3.63, 3.8) is 0 Å². The predicted octanol–water partition coefficient (Wildman–Crippen LogP) is 2.68. The van der Waals surface area contributed by atoms with Crippen molar-refractivity contribution in [2.45, 2.75) is 58.1 Å². The van der Waals surface area contributed by atoms with Crippen LogP contribution >= 0.6 is 0 Å². The average Bonchev–Trinajstić information content (AvgIpc) is 2.16. The number of hydrogen-bond acceptors (Lipinski definition) is 2. The summed E-state index contributed by atoms with van der Waals surface area (Å²) in [6.07, 6.45) is 3.50. The van der Waals surface area contributed by atoms with Gasteiger partial charge >= 0.3 is 0 Å². The van der Waals surface area contributed by atoms with E-state index in [0.717, 1.165) is 6.42 Å². The molecule has 0 aliphatic carbocycles. The molecule has 2 nitrogen and oxygen atoms in total. The Morgan fingerprint density at radius 3 is 2.00 bits per heavy atom. The number of hydrogen-bond donors (Lipinski definition) is 0. The lowest BCUT2D eigenvalue weighted by Gasteiger charge is -2.45. The van der Waals surface area contributed by atoms with Gasteiger partial charge in [0, 0.05) is 25.7 Å². The van der Waals surface area contributed by atoms with Gasteiger partial charge in [-0.1, -0.05) is 6.92 Å². The van der Waals surface area contributed by atoms with Gasteiger partial charge in [0.2, 0.25) is 0 Å². The van der Waals surface area contributed by atoms with Crippen molar-refractivity contribution in [3.05, 3.63) is 0 Å². The van der Waals surface area contributed by atoms with Crippen molar-refractivity contribution in [1.29, 1.82) is 0 Å². The third-order valence-corrected chi connectivity index (χ3v) is 3.70. The minimum Gasteiger partial charge on any atom is -0.378 e. The van der Waals surface area contributed by atoms with E-state index >= 15 is 0 Å². The van der Waals surface area contributed by atoms with E-state index < -0.39 is 0 Å². The molecular weight excluding hydrogens is 174 g/mol. The van der Waals surface area contributed by atoms with Crippen LogP contribution in [0.4, 0.5) is 0 Å². The highest BCUT2D eigenvalue weighted by molar-refractivity contribution is 4.90. The summed E-state index contributed by atoms with van der Waals surface area (Å²) in [6, 6.07) is 0. The molecule has 0 unspecified atom stereocenters. The topological polar surface area (TPSA) is 12.5 Å². The molecule has 1 aliphatic rings. The Kier molecular flexibility index (Phi) is 3.59. The van der Waals surface area contributed by atoms with Gasteiger partial charge in [-0.2, -0.15) is 0 Å². The fraction of sp³-hybridized carbons (Fsp3) is 1.00. The van der Waals surface area contributed by atoms with E-state index in [1.54, 1.807) is 0 Å². The molecule has 0 aromatic heterocycles. The monoisotopic (exact) mass is 199 g/mol. The summed E-state index contributed by atoms with van der Waals surface area (Å²) in [7, 11) is 1.86. The first-order valence-corrected chi connectivity index (χ1v) is 5.74. The minimum atomic E-state index is 0.168. The molecule has 84 valence electrons. The highest BCUT2D eigenvalue weighted by Crippen LogP contribution is 2.31. The molecule has 1 fully saturated rings. The summed E-state index contributed by atoms with van der Waals surface area (Å²) in [5.41, 5.74) is 0.482. The van der Waals surface area contributed by atoms with Crippen LogP contribution in [0.3, 0.4) is 0 Å². The van der Waals surface area contributed by atoms with Gasteiger partial charge in [0.15, 0.2) is 0 Å². The molecule has 0 aromatic rings. The van der Waals surface area contributed by atoms with Crippen LogP contribution in [0.5, 0.6) is 0 Å². The van der Waals surface area contributed by atoms with E-state index in [1.807, 2.05) is 7.11 Å². The zero-order valence-corrected chi connectivity index (χ0v) is 10.4. The molecule has 1 heterocycles. The Morgan fingerprint density at radius 1 is 1.21 bits per heavy atom. The van der Waals surface area contributed by atoms with E-state index in [2.05, 4.69) is 32.6 Å². The number of likely N-dealkylation sites (tertiary alicyclic amines) is 1. The van der Waals surface area contributed by atoms with Gasteiger partial charge in [-0.25, -0.2) is 0 Å². The first kappa shape index (κ1) is 12.0. The standard InChI is InChI=1S/C12H25NO/c1-6-12(14-5)7-9-13(10-8-12)11(2,3)4/h6-10H2,1-5H3. The highest BCUT2D eigenvalue weighted by atomic mass is 16.5.